The lowest BCUT2D eigenvalue weighted by Crippen LogP contribution is -2.24. The van der Waals surface area contributed by atoms with E-state index in [1.807, 2.05) is 12.3 Å². The van der Waals surface area contributed by atoms with Crippen LogP contribution in [-0.4, -0.2) is 43.1 Å². The molecule has 0 bridgehead atoms. The van der Waals surface area contributed by atoms with E-state index in [0.29, 0.717) is 0 Å². The topological polar surface area (TPSA) is 19.4 Å². The van der Waals surface area contributed by atoms with Crippen LogP contribution in [0.25, 0.3) is 10.9 Å². The average Bonchev–Trinajstić information content (AvgIpc) is 2.57. The highest BCUT2D eigenvalue weighted by Crippen LogP contribution is 2.26. The summed E-state index contributed by atoms with van der Waals surface area (Å²) in [5.41, 5.74) is 3.67. The van der Waals surface area contributed by atoms with Crippen molar-refractivity contribution in [2.75, 3.05) is 38.1 Å². The molecule has 2 aromatic rings. The lowest BCUT2D eigenvalue weighted by Gasteiger charge is -2.22. The van der Waals surface area contributed by atoms with E-state index in [0.717, 1.165) is 25.2 Å². The summed E-state index contributed by atoms with van der Waals surface area (Å²) in [5.74, 6) is 0. The van der Waals surface area contributed by atoms with Crippen LogP contribution in [0.1, 0.15) is 38.7 Å². The molecule has 0 spiro atoms. The fourth-order valence-corrected chi connectivity index (χ4v) is 3.13. The molecule has 0 saturated carbocycles. The standard InChI is InChI=1S/C20H31N3/c1-5-23(6-2)14-9-7-8-13-22(4)19-16-17(3)15-18-11-10-12-21-20(18)19/h10-12,15-16H,5-9,13-14H2,1-4H3. The van der Waals surface area contributed by atoms with Crippen LogP contribution >= 0.6 is 0 Å². The molecular formula is C20H31N3. The first-order valence-electron chi connectivity index (χ1n) is 8.94. The number of aryl methyl sites for hydroxylation is 1. The molecule has 3 heteroatoms. The quantitative estimate of drug-likeness (QED) is 0.636. The Labute approximate surface area is 141 Å². The largest absolute Gasteiger partial charge is 0.373 e. The van der Waals surface area contributed by atoms with Gasteiger partial charge in [0.1, 0.15) is 0 Å². The van der Waals surface area contributed by atoms with E-state index >= 15 is 0 Å². The molecule has 0 unspecified atom stereocenters. The van der Waals surface area contributed by atoms with Gasteiger partial charge in [0.25, 0.3) is 0 Å². The molecule has 3 nitrogen and oxygen atoms in total. The van der Waals surface area contributed by atoms with E-state index < -0.39 is 0 Å². The lowest BCUT2D eigenvalue weighted by molar-refractivity contribution is 0.296. The molecule has 0 aliphatic heterocycles. The molecule has 1 aromatic carbocycles. The highest BCUT2D eigenvalue weighted by Gasteiger charge is 2.08. The molecule has 126 valence electrons. The summed E-state index contributed by atoms with van der Waals surface area (Å²) >= 11 is 0. The Morgan fingerprint density at radius 2 is 1.74 bits per heavy atom. The van der Waals surface area contributed by atoms with E-state index in [4.69, 9.17) is 0 Å². The van der Waals surface area contributed by atoms with Crippen LogP contribution in [0.4, 0.5) is 5.69 Å². The monoisotopic (exact) mass is 313 g/mol. The molecule has 0 saturated heterocycles. The van der Waals surface area contributed by atoms with Gasteiger partial charge in [-0.2, -0.15) is 0 Å². The Morgan fingerprint density at radius 3 is 2.48 bits per heavy atom. The molecule has 0 amide bonds. The van der Waals surface area contributed by atoms with Gasteiger partial charge < -0.3 is 9.80 Å². The third kappa shape index (κ3) is 4.93. The van der Waals surface area contributed by atoms with Crippen molar-refractivity contribution in [2.24, 2.45) is 0 Å². The first-order valence-corrected chi connectivity index (χ1v) is 8.94. The van der Waals surface area contributed by atoms with Gasteiger partial charge in [0.2, 0.25) is 0 Å². The van der Waals surface area contributed by atoms with Gasteiger partial charge in [0, 0.05) is 25.2 Å². The highest BCUT2D eigenvalue weighted by molar-refractivity contribution is 5.91. The minimum Gasteiger partial charge on any atom is -0.373 e. The minimum absolute atomic E-state index is 1.09. The molecule has 2 rings (SSSR count). The van der Waals surface area contributed by atoms with Gasteiger partial charge in [-0.05, 0) is 63.2 Å². The van der Waals surface area contributed by atoms with Gasteiger partial charge in [-0.3, -0.25) is 4.98 Å². The van der Waals surface area contributed by atoms with Crippen molar-refractivity contribution in [1.82, 2.24) is 9.88 Å². The minimum atomic E-state index is 1.09. The number of rotatable bonds is 9. The van der Waals surface area contributed by atoms with Crippen molar-refractivity contribution in [1.29, 1.82) is 0 Å². The predicted octanol–water partition coefficient (Wildman–Crippen LogP) is 4.49. The maximum Gasteiger partial charge on any atom is 0.0935 e. The van der Waals surface area contributed by atoms with Crippen molar-refractivity contribution in [3.05, 3.63) is 36.0 Å². The van der Waals surface area contributed by atoms with Crippen LogP contribution in [0.5, 0.6) is 0 Å². The molecule has 0 N–H and O–H groups in total. The second-order valence-corrected chi connectivity index (χ2v) is 6.37. The Morgan fingerprint density at radius 1 is 1.00 bits per heavy atom. The predicted molar refractivity (Wildman–Crippen MR) is 101 cm³/mol. The molecule has 23 heavy (non-hydrogen) atoms. The van der Waals surface area contributed by atoms with Crippen LogP contribution in [0.3, 0.4) is 0 Å². The Bertz CT molecular complexity index is 605. The summed E-state index contributed by atoms with van der Waals surface area (Å²) in [6.45, 7) is 11.3. The second-order valence-electron chi connectivity index (χ2n) is 6.37. The summed E-state index contributed by atoms with van der Waals surface area (Å²) in [6, 6.07) is 8.63. The van der Waals surface area contributed by atoms with Gasteiger partial charge in [-0.15, -0.1) is 0 Å². The van der Waals surface area contributed by atoms with E-state index in [-0.39, 0.29) is 0 Å². The van der Waals surface area contributed by atoms with Gasteiger partial charge >= 0.3 is 0 Å². The Balaban J connectivity index is 1.90. The fraction of sp³-hybridized carbons (Fsp3) is 0.550. The molecule has 0 atom stereocenters. The molecule has 0 radical (unpaired) electrons. The van der Waals surface area contributed by atoms with Crippen LogP contribution in [0.2, 0.25) is 0 Å². The number of anilines is 1. The number of hydrogen-bond acceptors (Lipinski definition) is 3. The number of fused-ring (bicyclic) bond motifs is 1. The molecule has 0 aliphatic carbocycles. The third-order valence-corrected chi connectivity index (χ3v) is 4.60. The zero-order valence-electron chi connectivity index (χ0n) is 15.2. The SMILES string of the molecule is CCN(CC)CCCCCN(C)c1cc(C)cc2cccnc12. The normalized spacial score (nSPS) is 11.3. The first-order chi connectivity index (χ1) is 11.2. The van der Waals surface area contributed by atoms with Crippen molar-refractivity contribution in [2.45, 2.75) is 40.0 Å². The average molecular weight is 313 g/mol. The van der Waals surface area contributed by atoms with Gasteiger partial charge in [0.05, 0.1) is 11.2 Å². The van der Waals surface area contributed by atoms with Crippen molar-refractivity contribution in [3.8, 4) is 0 Å². The summed E-state index contributed by atoms with van der Waals surface area (Å²) < 4.78 is 0. The van der Waals surface area contributed by atoms with Crippen molar-refractivity contribution >= 4 is 16.6 Å². The number of hydrogen-bond donors (Lipinski definition) is 0. The fourth-order valence-electron chi connectivity index (χ4n) is 3.13. The van der Waals surface area contributed by atoms with E-state index in [1.54, 1.807) is 0 Å². The summed E-state index contributed by atoms with van der Waals surface area (Å²) in [6.07, 6.45) is 5.71. The number of aromatic nitrogens is 1. The molecule has 0 fully saturated rings. The maximum absolute atomic E-state index is 4.58. The van der Waals surface area contributed by atoms with Crippen LogP contribution in [-0.2, 0) is 0 Å². The number of unbranched alkanes of at least 4 members (excludes halogenated alkanes) is 2. The highest BCUT2D eigenvalue weighted by atomic mass is 15.1. The number of benzene rings is 1. The maximum atomic E-state index is 4.58. The summed E-state index contributed by atoms with van der Waals surface area (Å²) in [4.78, 5) is 9.45. The number of nitrogens with zero attached hydrogens (tertiary/aromatic N) is 3. The summed E-state index contributed by atoms with van der Waals surface area (Å²) in [7, 11) is 2.19. The van der Waals surface area contributed by atoms with Gasteiger partial charge in [-0.1, -0.05) is 26.3 Å². The third-order valence-electron chi connectivity index (χ3n) is 4.60. The zero-order chi connectivity index (χ0) is 16.7. The van der Waals surface area contributed by atoms with Gasteiger partial charge in [0.15, 0.2) is 0 Å². The van der Waals surface area contributed by atoms with Crippen molar-refractivity contribution < 1.29 is 0 Å². The smallest absolute Gasteiger partial charge is 0.0935 e. The van der Waals surface area contributed by atoms with Gasteiger partial charge in [-0.25, -0.2) is 0 Å². The van der Waals surface area contributed by atoms with Crippen molar-refractivity contribution in [3.63, 3.8) is 0 Å². The molecular weight excluding hydrogens is 282 g/mol. The van der Waals surface area contributed by atoms with E-state index in [1.165, 1.54) is 42.4 Å². The number of pyridine rings is 1. The van der Waals surface area contributed by atoms with Crippen LogP contribution < -0.4 is 4.90 Å². The molecule has 1 heterocycles. The molecule has 0 aliphatic rings. The summed E-state index contributed by atoms with van der Waals surface area (Å²) in [5, 5.41) is 1.23. The van der Waals surface area contributed by atoms with Crippen LogP contribution in [0, 0.1) is 6.92 Å². The molecule has 1 aromatic heterocycles. The lowest BCUT2D eigenvalue weighted by atomic mass is 10.1. The zero-order valence-corrected chi connectivity index (χ0v) is 15.2. The second kappa shape index (κ2) is 8.88. The van der Waals surface area contributed by atoms with E-state index in [2.05, 4.69) is 60.8 Å². The first kappa shape index (κ1) is 17.7. The Hall–Kier alpha value is -1.61. The Kier molecular flexibility index (Phi) is 6.85. The van der Waals surface area contributed by atoms with E-state index in [9.17, 15) is 0 Å². The van der Waals surface area contributed by atoms with Crippen LogP contribution in [0.15, 0.2) is 30.5 Å².